The van der Waals surface area contributed by atoms with Crippen molar-refractivity contribution in [3.8, 4) is 11.1 Å². The SMILES string of the molecule is CCCS(=O)(=O)Nc1ccc(F)c(C(=O)c2c[nH]c3ncc(-c4ccoc4)cc23)c1F. The molecule has 3 heterocycles. The van der Waals surface area contributed by atoms with Crippen LogP contribution in [0.15, 0.2) is 53.6 Å². The number of pyridine rings is 1. The summed E-state index contributed by atoms with van der Waals surface area (Å²) in [6.07, 6.45) is 6.18. The topological polar surface area (TPSA) is 105 Å². The second-order valence-electron chi connectivity index (χ2n) is 6.87. The molecule has 0 saturated heterocycles. The highest BCUT2D eigenvalue weighted by Gasteiger charge is 2.26. The van der Waals surface area contributed by atoms with Crippen LogP contribution in [0, 0.1) is 11.6 Å². The summed E-state index contributed by atoms with van der Waals surface area (Å²) in [7, 11) is -3.83. The van der Waals surface area contributed by atoms with Crippen molar-refractivity contribution >= 4 is 32.5 Å². The smallest absolute Gasteiger partial charge is 0.232 e. The Labute approximate surface area is 176 Å². The Balaban J connectivity index is 1.79. The van der Waals surface area contributed by atoms with Gasteiger partial charge in [0.25, 0.3) is 0 Å². The molecule has 0 amide bonds. The molecule has 3 aromatic heterocycles. The fourth-order valence-electron chi connectivity index (χ4n) is 3.24. The van der Waals surface area contributed by atoms with Gasteiger partial charge in [0.15, 0.2) is 5.82 Å². The van der Waals surface area contributed by atoms with Crippen molar-refractivity contribution in [1.29, 1.82) is 0 Å². The number of hydrogen-bond acceptors (Lipinski definition) is 5. The number of halogens is 2. The van der Waals surface area contributed by atoms with Gasteiger partial charge in [-0.1, -0.05) is 6.92 Å². The molecule has 4 rings (SSSR count). The third kappa shape index (κ3) is 3.93. The van der Waals surface area contributed by atoms with E-state index in [0.717, 1.165) is 17.7 Å². The lowest BCUT2D eigenvalue weighted by Gasteiger charge is -2.11. The Kier molecular flexibility index (Phi) is 5.32. The number of H-pyrrole nitrogens is 1. The van der Waals surface area contributed by atoms with E-state index < -0.39 is 38.7 Å². The maximum Gasteiger partial charge on any atom is 0.232 e. The maximum absolute atomic E-state index is 15.0. The Morgan fingerprint density at radius 3 is 2.74 bits per heavy atom. The highest BCUT2D eigenvalue weighted by Crippen LogP contribution is 2.29. The molecule has 0 spiro atoms. The second-order valence-corrected chi connectivity index (χ2v) is 8.71. The molecule has 160 valence electrons. The lowest BCUT2D eigenvalue weighted by molar-refractivity contribution is 0.103. The number of hydrogen-bond donors (Lipinski definition) is 2. The number of carbonyl (C=O) groups excluding carboxylic acids is 1. The minimum Gasteiger partial charge on any atom is -0.472 e. The number of sulfonamides is 1. The van der Waals surface area contributed by atoms with Crippen molar-refractivity contribution in [2.75, 3.05) is 10.5 Å². The number of rotatable bonds is 7. The lowest BCUT2D eigenvalue weighted by Crippen LogP contribution is -2.18. The van der Waals surface area contributed by atoms with E-state index in [9.17, 15) is 17.6 Å². The number of aromatic nitrogens is 2. The molecule has 0 radical (unpaired) electrons. The van der Waals surface area contributed by atoms with Crippen molar-refractivity contribution in [3.63, 3.8) is 0 Å². The predicted octanol–water partition coefficient (Wildman–Crippen LogP) is 4.48. The monoisotopic (exact) mass is 445 g/mol. The molecule has 10 heteroatoms. The minimum absolute atomic E-state index is 0.000731. The fraction of sp³-hybridized carbons (Fsp3) is 0.143. The van der Waals surface area contributed by atoms with Crippen LogP contribution in [-0.4, -0.2) is 29.9 Å². The van der Waals surface area contributed by atoms with Crippen molar-refractivity contribution in [2.24, 2.45) is 0 Å². The largest absolute Gasteiger partial charge is 0.472 e. The molecule has 0 aliphatic rings. The van der Waals surface area contributed by atoms with E-state index >= 15 is 4.39 Å². The summed E-state index contributed by atoms with van der Waals surface area (Å²) in [5.74, 6) is -3.56. The quantitative estimate of drug-likeness (QED) is 0.408. The van der Waals surface area contributed by atoms with Crippen LogP contribution in [-0.2, 0) is 10.0 Å². The van der Waals surface area contributed by atoms with Gasteiger partial charge in [-0.3, -0.25) is 9.52 Å². The minimum atomic E-state index is -3.83. The lowest BCUT2D eigenvalue weighted by atomic mass is 10.0. The molecule has 0 aliphatic carbocycles. The molecule has 2 N–H and O–H groups in total. The van der Waals surface area contributed by atoms with Crippen molar-refractivity contribution in [1.82, 2.24) is 9.97 Å². The second kappa shape index (κ2) is 7.95. The highest BCUT2D eigenvalue weighted by molar-refractivity contribution is 7.92. The van der Waals surface area contributed by atoms with Gasteiger partial charge in [-0.05, 0) is 30.7 Å². The molecule has 0 saturated carbocycles. The van der Waals surface area contributed by atoms with Gasteiger partial charge in [-0.2, -0.15) is 0 Å². The molecule has 0 aliphatic heterocycles. The van der Waals surface area contributed by atoms with Gasteiger partial charge >= 0.3 is 0 Å². The van der Waals surface area contributed by atoms with E-state index in [2.05, 4.69) is 14.7 Å². The summed E-state index contributed by atoms with van der Waals surface area (Å²) in [6, 6.07) is 5.16. The van der Waals surface area contributed by atoms with Crippen LogP contribution in [0.2, 0.25) is 0 Å². The zero-order chi connectivity index (χ0) is 22.2. The third-order valence-electron chi connectivity index (χ3n) is 4.69. The van der Waals surface area contributed by atoms with Crippen LogP contribution in [0.5, 0.6) is 0 Å². The first kappa shape index (κ1) is 20.7. The summed E-state index contributed by atoms with van der Waals surface area (Å²) < 4.78 is 60.6. The number of furan rings is 1. The van der Waals surface area contributed by atoms with Gasteiger partial charge in [0, 0.05) is 34.5 Å². The first-order valence-electron chi connectivity index (χ1n) is 9.33. The Bertz CT molecular complexity index is 1380. The molecule has 0 fully saturated rings. The molecule has 0 bridgehead atoms. The van der Waals surface area contributed by atoms with Gasteiger partial charge in [-0.15, -0.1) is 0 Å². The van der Waals surface area contributed by atoms with Gasteiger partial charge in [0.2, 0.25) is 15.8 Å². The molecule has 0 atom stereocenters. The molecule has 1 aromatic carbocycles. The van der Waals surface area contributed by atoms with Gasteiger partial charge in [-0.25, -0.2) is 22.2 Å². The van der Waals surface area contributed by atoms with Crippen molar-refractivity contribution in [3.05, 3.63) is 71.9 Å². The highest BCUT2D eigenvalue weighted by atomic mass is 32.2. The molecule has 31 heavy (non-hydrogen) atoms. The van der Waals surface area contributed by atoms with Crippen LogP contribution < -0.4 is 4.72 Å². The number of carbonyl (C=O) groups is 1. The molecular weight excluding hydrogens is 428 g/mol. The van der Waals surface area contributed by atoms with Gasteiger partial charge in [0.05, 0.1) is 29.5 Å². The van der Waals surface area contributed by atoms with Crippen LogP contribution in [0.4, 0.5) is 14.5 Å². The number of fused-ring (bicyclic) bond motifs is 1. The van der Waals surface area contributed by atoms with Crippen LogP contribution >= 0.6 is 0 Å². The zero-order valence-electron chi connectivity index (χ0n) is 16.3. The van der Waals surface area contributed by atoms with E-state index in [-0.39, 0.29) is 11.3 Å². The molecule has 7 nitrogen and oxygen atoms in total. The number of ketones is 1. The summed E-state index contributed by atoms with van der Waals surface area (Å²) in [5.41, 5.74) is 0.382. The zero-order valence-corrected chi connectivity index (χ0v) is 17.1. The van der Waals surface area contributed by atoms with Crippen LogP contribution in [0.3, 0.4) is 0 Å². The average Bonchev–Trinajstić information content (AvgIpc) is 3.39. The van der Waals surface area contributed by atoms with Crippen molar-refractivity contribution < 1.29 is 26.4 Å². The molecule has 4 aromatic rings. The maximum atomic E-state index is 15.0. The van der Waals surface area contributed by atoms with Crippen molar-refractivity contribution in [2.45, 2.75) is 13.3 Å². The Hall–Kier alpha value is -3.53. The number of nitrogens with one attached hydrogen (secondary N) is 2. The van der Waals surface area contributed by atoms with Gasteiger partial charge in [0.1, 0.15) is 11.5 Å². The number of aromatic amines is 1. The summed E-state index contributed by atoms with van der Waals surface area (Å²) in [4.78, 5) is 20.1. The van der Waals surface area contributed by atoms with E-state index in [4.69, 9.17) is 4.42 Å². The van der Waals surface area contributed by atoms with Gasteiger partial charge < -0.3 is 9.40 Å². The standard InChI is InChI=1S/C21H17F2N3O4S/c1-2-7-31(28,29)26-17-4-3-16(22)18(19(17)23)20(27)15-10-25-21-14(15)8-13(9-24-21)12-5-6-30-11-12/h3-6,8-11,26H,2,7H2,1H3,(H,24,25). The fourth-order valence-corrected chi connectivity index (χ4v) is 4.37. The first-order chi connectivity index (χ1) is 14.8. The summed E-state index contributed by atoms with van der Waals surface area (Å²) >= 11 is 0. The Morgan fingerprint density at radius 1 is 1.23 bits per heavy atom. The van der Waals surface area contributed by atoms with E-state index in [1.54, 1.807) is 25.3 Å². The molecule has 0 unspecified atom stereocenters. The first-order valence-corrected chi connectivity index (χ1v) is 11.0. The predicted molar refractivity (Wildman–Crippen MR) is 111 cm³/mol. The summed E-state index contributed by atoms with van der Waals surface area (Å²) in [5, 5.41) is 0.361. The van der Waals surface area contributed by atoms with E-state index in [0.29, 0.717) is 23.0 Å². The van der Waals surface area contributed by atoms with E-state index in [1.165, 1.54) is 18.7 Å². The van der Waals surface area contributed by atoms with Crippen LogP contribution in [0.1, 0.15) is 29.3 Å². The summed E-state index contributed by atoms with van der Waals surface area (Å²) in [6.45, 7) is 1.65. The Morgan fingerprint density at radius 2 is 2.03 bits per heavy atom. The number of benzene rings is 1. The van der Waals surface area contributed by atoms with Crippen LogP contribution in [0.25, 0.3) is 22.2 Å². The average molecular weight is 445 g/mol. The normalized spacial score (nSPS) is 11.7. The molecular formula is C21H17F2N3O4S. The third-order valence-corrected chi connectivity index (χ3v) is 6.16. The number of nitrogens with zero attached hydrogens (tertiary/aromatic N) is 1. The van der Waals surface area contributed by atoms with E-state index in [1.807, 2.05) is 0 Å². The number of anilines is 1.